The van der Waals surface area contributed by atoms with Crippen molar-refractivity contribution in [3.05, 3.63) is 34.9 Å². The molecule has 1 aromatic carbocycles. The standard InChI is InChI=1S/C14H14ClNO/c15-12-5-1-3-10(7-12)14(9-16)11-4-2-6-13(17)8-11/h1,3,5,7,11,14H,2,4,6,8H2. The van der Waals surface area contributed by atoms with Crippen LogP contribution >= 0.6 is 11.6 Å². The highest BCUT2D eigenvalue weighted by Gasteiger charge is 2.28. The lowest BCUT2D eigenvalue weighted by atomic mass is 9.77. The van der Waals surface area contributed by atoms with Crippen molar-refractivity contribution >= 4 is 17.4 Å². The van der Waals surface area contributed by atoms with E-state index in [1.54, 1.807) is 6.07 Å². The number of hydrogen-bond donors (Lipinski definition) is 0. The first-order valence-electron chi connectivity index (χ1n) is 5.87. The second kappa shape index (κ2) is 5.33. The van der Waals surface area contributed by atoms with E-state index in [4.69, 9.17) is 11.6 Å². The van der Waals surface area contributed by atoms with Gasteiger partial charge in [0.15, 0.2) is 0 Å². The van der Waals surface area contributed by atoms with E-state index in [1.807, 2.05) is 18.2 Å². The molecule has 3 heteroatoms. The van der Waals surface area contributed by atoms with E-state index in [1.165, 1.54) is 0 Å². The number of benzene rings is 1. The first-order chi connectivity index (χ1) is 8.20. The lowest BCUT2D eigenvalue weighted by molar-refractivity contribution is -0.121. The summed E-state index contributed by atoms with van der Waals surface area (Å²) in [5.41, 5.74) is 0.930. The van der Waals surface area contributed by atoms with Crippen molar-refractivity contribution in [2.45, 2.75) is 31.6 Å². The van der Waals surface area contributed by atoms with Gasteiger partial charge in [-0.3, -0.25) is 4.79 Å². The van der Waals surface area contributed by atoms with Gasteiger partial charge in [0.1, 0.15) is 5.78 Å². The molecule has 0 spiro atoms. The quantitative estimate of drug-likeness (QED) is 0.799. The maximum absolute atomic E-state index is 11.5. The number of nitrogens with zero attached hydrogens (tertiary/aromatic N) is 1. The molecular weight excluding hydrogens is 234 g/mol. The van der Waals surface area contributed by atoms with Crippen LogP contribution in [0.3, 0.4) is 0 Å². The molecule has 1 fully saturated rings. The number of rotatable bonds is 2. The highest BCUT2D eigenvalue weighted by molar-refractivity contribution is 6.30. The van der Waals surface area contributed by atoms with Gasteiger partial charge < -0.3 is 0 Å². The lowest BCUT2D eigenvalue weighted by Gasteiger charge is -2.25. The number of ketones is 1. The summed E-state index contributed by atoms with van der Waals surface area (Å²) in [5.74, 6) is 0.223. The Hall–Kier alpha value is -1.33. The van der Waals surface area contributed by atoms with E-state index >= 15 is 0 Å². The smallest absolute Gasteiger partial charge is 0.133 e. The first kappa shape index (κ1) is 12.1. The fourth-order valence-corrected chi connectivity index (χ4v) is 2.69. The molecule has 2 unspecified atom stereocenters. The molecule has 88 valence electrons. The molecule has 0 radical (unpaired) electrons. The zero-order valence-electron chi connectivity index (χ0n) is 9.53. The largest absolute Gasteiger partial charge is 0.300 e. The van der Waals surface area contributed by atoms with Crippen molar-refractivity contribution in [1.29, 1.82) is 5.26 Å². The Morgan fingerprint density at radius 3 is 2.94 bits per heavy atom. The zero-order valence-corrected chi connectivity index (χ0v) is 10.3. The maximum atomic E-state index is 11.5. The Labute approximate surface area is 106 Å². The van der Waals surface area contributed by atoms with Gasteiger partial charge in [0.2, 0.25) is 0 Å². The molecule has 0 amide bonds. The van der Waals surface area contributed by atoms with E-state index in [9.17, 15) is 10.1 Å². The monoisotopic (exact) mass is 247 g/mol. The summed E-state index contributed by atoms with van der Waals surface area (Å²) >= 11 is 5.94. The first-order valence-corrected chi connectivity index (χ1v) is 6.25. The van der Waals surface area contributed by atoms with Crippen molar-refractivity contribution in [3.8, 4) is 6.07 Å². The molecule has 2 rings (SSSR count). The normalized spacial score (nSPS) is 21.9. The summed E-state index contributed by atoms with van der Waals surface area (Å²) in [6, 6.07) is 9.72. The van der Waals surface area contributed by atoms with Crippen LogP contribution in [0.15, 0.2) is 24.3 Å². The van der Waals surface area contributed by atoms with Crippen LogP contribution in [0.2, 0.25) is 5.02 Å². The second-order valence-corrected chi connectivity index (χ2v) is 4.99. The average Bonchev–Trinajstić information content (AvgIpc) is 2.30. The summed E-state index contributed by atoms with van der Waals surface area (Å²) < 4.78 is 0. The number of carbonyl (C=O) groups excluding carboxylic acids is 1. The van der Waals surface area contributed by atoms with E-state index in [0.29, 0.717) is 17.9 Å². The van der Waals surface area contributed by atoms with Crippen LogP contribution in [0.25, 0.3) is 0 Å². The van der Waals surface area contributed by atoms with E-state index in [2.05, 4.69) is 6.07 Å². The van der Waals surface area contributed by atoms with Crippen LogP contribution in [0, 0.1) is 17.2 Å². The number of hydrogen-bond acceptors (Lipinski definition) is 2. The van der Waals surface area contributed by atoms with Crippen LogP contribution in [0.5, 0.6) is 0 Å². The lowest BCUT2D eigenvalue weighted by Crippen LogP contribution is -2.20. The van der Waals surface area contributed by atoms with Crippen LogP contribution in [0.4, 0.5) is 0 Å². The molecular formula is C14H14ClNO. The van der Waals surface area contributed by atoms with Crippen LogP contribution in [-0.4, -0.2) is 5.78 Å². The molecule has 2 atom stereocenters. The van der Waals surface area contributed by atoms with Crippen molar-refractivity contribution in [3.63, 3.8) is 0 Å². The Bertz CT molecular complexity index is 464. The number of halogens is 1. The van der Waals surface area contributed by atoms with Crippen molar-refractivity contribution in [2.75, 3.05) is 0 Å². The summed E-state index contributed by atoms with van der Waals surface area (Å²) in [4.78, 5) is 11.5. The SMILES string of the molecule is N#CC(c1cccc(Cl)c1)C1CCCC(=O)C1. The molecule has 1 saturated carbocycles. The Morgan fingerprint density at radius 2 is 2.29 bits per heavy atom. The molecule has 0 aliphatic heterocycles. The fraction of sp³-hybridized carbons (Fsp3) is 0.429. The highest BCUT2D eigenvalue weighted by Crippen LogP contribution is 2.35. The molecule has 0 heterocycles. The van der Waals surface area contributed by atoms with Gasteiger partial charge in [0.05, 0.1) is 12.0 Å². The Morgan fingerprint density at radius 1 is 1.47 bits per heavy atom. The zero-order chi connectivity index (χ0) is 12.3. The van der Waals surface area contributed by atoms with E-state index < -0.39 is 0 Å². The minimum atomic E-state index is -0.210. The third kappa shape index (κ3) is 2.87. The van der Waals surface area contributed by atoms with Gasteiger partial charge >= 0.3 is 0 Å². The predicted octanol–water partition coefficient (Wildman–Crippen LogP) is 3.71. The van der Waals surface area contributed by atoms with Crippen LogP contribution in [-0.2, 0) is 4.79 Å². The molecule has 0 bridgehead atoms. The van der Waals surface area contributed by atoms with E-state index in [0.717, 1.165) is 18.4 Å². The maximum Gasteiger partial charge on any atom is 0.133 e. The van der Waals surface area contributed by atoms with Gasteiger partial charge in [-0.2, -0.15) is 5.26 Å². The summed E-state index contributed by atoms with van der Waals surface area (Å²) in [7, 11) is 0. The van der Waals surface area contributed by atoms with Crippen LogP contribution in [0.1, 0.15) is 37.2 Å². The molecule has 1 aliphatic carbocycles. The third-order valence-electron chi connectivity index (χ3n) is 3.34. The molecule has 17 heavy (non-hydrogen) atoms. The van der Waals surface area contributed by atoms with Crippen molar-refractivity contribution < 1.29 is 4.79 Å². The van der Waals surface area contributed by atoms with Gasteiger partial charge in [-0.05, 0) is 36.5 Å². The molecule has 0 saturated heterocycles. The molecule has 0 N–H and O–H groups in total. The number of carbonyl (C=O) groups is 1. The van der Waals surface area contributed by atoms with Gasteiger partial charge in [0, 0.05) is 17.9 Å². The summed E-state index contributed by atoms with van der Waals surface area (Å²) in [6.07, 6.45) is 3.06. The molecule has 2 nitrogen and oxygen atoms in total. The molecule has 0 aromatic heterocycles. The predicted molar refractivity (Wildman–Crippen MR) is 66.8 cm³/mol. The summed E-state index contributed by atoms with van der Waals surface area (Å²) in [5, 5.41) is 9.95. The summed E-state index contributed by atoms with van der Waals surface area (Å²) in [6.45, 7) is 0. The Kier molecular flexibility index (Phi) is 3.81. The number of nitriles is 1. The molecule has 1 aromatic rings. The topological polar surface area (TPSA) is 40.9 Å². The fourth-order valence-electron chi connectivity index (χ4n) is 2.49. The Balaban J connectivity index is 2.22. The highest BCUT2D eigenvalue weighted by atomic mass is 35.5. The van der Waals surface area contributed by atoms with E-state index in [-0.39, 0.29) is 17.6 Å². The van der Waals surface area contributed by atoms with Gasteiger partial charge in [-0.1, -0.05) is 23.7 Å². The molecule has 1 aliphatic rings. The van der Waals surface area contributed by atoms with Crippen molar-refractivity contribution in [2.24, 2.45) is 5.92 Å². The minimum absolute atomic E-state index is 0.153. The average molecular weight is 248 g/mol. The van der Waals surface area contributed by atoms with Gasteiger partial charge in [-0.15, -0.1) is 0 Å². The third-order valence-corrected chi connectivity index (χ3v) is 3.57. The number of Topliss-reactive ketones (excluding diaryl/α,β-unsaturated/α-hetero) is 1. The van der Waals surface area contributed by atoms with Gasteiger partial charge in [0.25, 0.3) is 0 Å². The van der Waals surface area contributed by atoms with Gasteiger partial charge in [-0.25, -0.2) is 0 Å². The van der Waals surface area contributed by atoms with Crippen LogP contribution < -0.4 is 0 Å². The second-order valence-electron chi connectivity index (χ2n) is 4.56. The minimum Gasteiger partial charge on any atom is -0.300 e. The van der Waals surface area contributed by atoms with Crippen molar-refractivity contribution in [1.82, 2.24) is 0 Å².